The third-order valence-electron chi connectivity index (χ3n) is 4.86. The highest BCUT2D eigenvalue weighted by atomic mass is 32.2. The van der Waals surface area contributed by atoms with Crippen molar-refractivity contribution in [2.24, 2.45) is 5.14 Å². The molecule has 1 heterocycles. The lowest BCUT2D eigenvalue weighted by Crippen LogP contribution is -2.50. The average Bonchev–Trinajstić information content (AvgIpc) is 2.68. The van der Waals surface area contributed by atoms with Gasteiger partial charge in [-0.05, 0) is 36.8 Å². The molecule has 0 atom stereocenters. The van der Waals surface area contributed by atoms with Crippen LogP contribution >= 0.6 is 0 Å². The van der Waals surface area contributed by atoms with E-state index in [9.17, 15) is 21.6 Å². The number of nitrogens with two attached hydrogens (primary N) is 1. The molecule has 29 heavy (non-hydrogen) atoms. The second-order valence-corrected chi connectivity index (χ2v) is 10.5. The number of piperazine rings is 1. The van der Waals surface area contributed by atoms with Crippen LogP contribution in [0.4, 0.5) is 0 Å². The van der Waals surface area contributed by atoms with Crippen molar-refractivity contribution in [3.63, 3.8) is 0 Å². The Morgan fingerprint density at radius 1 is 0.862 bits per heavy atom. The zero-order valence-electron chi connectivity index (χ0n) is 16.0. The zero-order valence-corrected chi connectivity index (χ0v) is 17.6. The summed E-state index contributed by atoms with van der Waals surface area (Å²) in [4.78, 5) is 14.4. The lowest BCUT2D eigenvalue weighted by Gasteiger charge is -2.34. The molecule has 0 unspecified atom stereocenters. The van der Waals surface area contributed by atoms with E-state index in [1.54, 1.807) is 41.3 Å². The van der Waals surface area contributed by atoms with Gasteiger partial charge in [-0.25, -0.2) is 22.0 Å². The largest absolute Gasteiger partial charge is 0.340 e. The molecule has 1 fully saturated rings. The maximum Gasteiger partial charge on any atom is 0.243 e. The zero-order chi connectivity index (χ0) is 21.2. The van der Waals surface area contributed by atoms with Crippen LogP contribution < -0.4 is 5.14 Å². The second-order valence-electron chi connectivity index (χ2n) is 6.96. The summed E-state index contributed by atoms with van der Waals surface area (Å²) in [5.74, 6) is -0.138. The quantitative estimate of drug-likeness (QED) is 0.739. The second kappa shape index (κ2) is 8.23. The maximum absolute atomic E-state index is 12.7. The molecular weight excluding hydrogens is 414 g/mol. The summed E-state index contributed by atoms with van der Waals surface area (Å²) >= 11 is 0. The van der Waals surface area contributed by atoms with Gasteiger partial charge in [-0.3, -0.25) is 4.79 Å². The number of nitrogens with zero attached hydrogens (tertiary/aromatic N) is 2. The van der Waals surface area contributed by atoms with Gasteiger partial charge in [-0.15, -0.1) is 0 Å². The molecule has 1 aliphatic rings. The minimum atomic E-state index is -3.77. The standard InChI is InChI=1S/C19H23N3O5S2/c1-15-2-6-18(7-3-15)29(26,27)22-12-10-21(11-13-22)19(23)14-16-4-8-17(9-5-16)28(20,24)25/h2-9H,10-14H2,1H3,(H2,20,24,25). The van der Waals surface area contributed by atoms with Crippen LogP contribution in [0.15, 0.2) is 58.3 Å². The first-order chi connectivity index (χ1) is 13.6. The molecule has 8 nitrogen and oxygen atoms in total. The Labute approximate surface area is 171 Å². The van der Waals surface area contributed by atoms with E-state index in [0.717, 1.165) is 5.56 Å². The molecular formula is C19H23N3O5S2. The number of hydrogen-bond donors (Lipinski definition) is 1. The maximum atomic E-state index is 12.7. The highest BCUT2D eigenvalue weighted by molar-refractivity contribution is 7.89. The van der Waals surface area contributed by atoms with Gasteiger partial charge in [0.2, 0.25) is 26.0 Å². The van der Waals surface area contributed by atoms with Crippen molar-refractivity contribution in [3.8, 4) is 0 Å². The average molecular weight is 438 g/mol. The number of benzene rings is 2. The van der Waals surface area contributed by atoms with E-state index >= 15 is 0 Å². The van der Waals surface area contributed by atoms with Crippen molar-refractivity contribution in [1.29, 1.82) is 0 Å². The van der Waals surface area contributed by atoms with Gasteiger partial charge in [0.05, 0.1) is 16.2 Å². The highest BCUT2D eigenvalue weighted by Crippen LogP contribution is 2.19. The Balaban J connectivity index is 1.60. The predicted molar refractivity (Wildman–Crippen MR) is 108 cm³/mol. The van der Waals surface area contributed by atoms with Crippen molar-refractivity contribution in [3.05, 3.63) is 59.7 Å². The van der Waals surface area contributed by atoms with Crippen molar-refractivity contribution in [2.45, 2.75) is 23.1 Å². The smallest absolute Gasteiger partial charge is 0.243 e. The summed E-state index contributed by atoms with van der Waals surface area (Å²) < 4.78 is 49.5. The van der Waals surface area contributed by atoms with E-state index in [2.05, 4.69) is 0 Å². The van der Waals surface area contributed by atoms with Crippen molar-refractivity contribution in [2.75, 3.05) is 26.2 Å². The fraction of sp³-hybridized carbons (Fsp3) is 0.316. The van der Waals surface area contributed by atoms with Gasteiger partial charge in [-0.2, -0.15) is 4.31 Å². The number of sulfonamides is 2. The van der Waals surface area contributed by atoms with Crippen molar-refractivity contribution in [1.82, 2.24) is 9.21 Å². The van der Waals surface area contributed by atoms with Gasteiger partial charge < -0.3 is 4.90 Å². The number of rotatable bonds is 5. The van der Waals surface area contributed by atoms with Crippen molar-refractivity contribution < 1.29 is 21.6 Å². The number of hydrogen-bond acceptors (Lipinski definition) is 5. The van der Waals surface area contributed by atoms with Gasteiger partial charge in [0, 0.05) is 26.2 Å². The van der Waals surface area contributed by atoms with Gasteiger partial charge in [-0.1, -0.05) is 29.8 Å². The first-order valence-electron chi connectivity index (χ1n) is 9.04. The van der Waals surface area contributed by atoms with E-state index in [0.29, 0.717) is 18.7 Å². The molecule has 1 aliphatic heterocycles. The lowest BCUT2D eigenvalue weighted by molar-refractivity contribution is -0.131. The molecule has 0 spiro atoms. The van der Waals surface area contributed by atoms with Crippen LogP contribution in [0.25, 0.3) is 0 Å². The summed E-state index contributed by atoms with van der Waals surface area (Å²) in [5, 5.41) is 5.07. The number of aryl methyl sites for hydroxylation is 1. The summed E-state index contributed by atoms with van der Waals surface area (Å²) in [6.45, 7) is 2.96. The molecule has 2 N–H and O–H groups in total. The summed E-state index contributed by atoms with van der Waals surface area (Å²) in [7, 11) is -7.35. The minimum absolute atomic E-state index is 0.0105. The van der Waals surface area contributed by atoms with Gasteiger partial charge in [0.25, 0.3) is 0 Å². The summed E-state index contributed by atoms with van der Waals surface area (Å²) in [6.07, 6.45) is 0.107. The molecule has 10 heteroatoms. The Kier molecular flexibility index (Phi) is 6.08. The van der Waals surface area contributed by atoms with E-state index in [1.807, 2.05) is 6.92 Å². The third-order valence-corrected chi connectivity index (χ3v) is 7.70. The molecule has 0 saturated carbocycles. The van der Waals surface area contributed by atoms with Crippen LogP contribution in [-0.2, 0) is 31.3 Å². The normalized spacial score (nSPS) is 16.0. The predicted octanol–water partition coefficient (Wildman–Crippen LogP) is 0.718. The fourth-order valence-corrected chi connectivity index (χ4v) is 5.06. The molecule has 0 aromatic heterocycles. The van der Waals surface area contributed by atoms with Crippen LogP contribution in [0.5, 0.6) is 0 Å². The van der Waals surface area contributed by atoms with Gasteiger partial charge >= 0.3 is 0 Å². The molecule has 0 radical (unpaired) electrons. The Hall–Kier alpha value is -2.27. The highest BCUT2D eigenvalue weighted by Gasteiger charge is 2.30. The number of amides is 1. The van der Waals surface area contributed by atoms with Crippen LogP contribution in [0, 0.1) is 6.92 Å². The van der Waals surface area contributed by atoms with E-state index in [4.69, 9.17) is 5.14 Å². The number of carbonyl (C=O) groups is 1. The Morgan fingerprint density at radius 3 is 1.90 bits per heavy atom. The fourth-order valence-electron chi connectivity index (χ4n) is 3.12. The molecule has 156 valence electrons. The van der Waals surface area contributed by atoms with Gasteiger partial charge in [0.15, 0.2) is 0 Å². The molecule has 0 bridgehead atoms. The van der Waals surface area contributed by atoms with E-state index < -0.39 is 20.0 Å². The SMILES string of the molecule is Cc1ccc(S(=O)(=O)N2CCN(C(=O)Cc3ccc(S(N)(=O)=O)cc3)CC2)cc1. The molecule has 2 aromatic carbocycles. The molecule has 0 aliphatic carbocycles. The minimum Gasteiger partial charge on any atom is -0.340 e. The van der Waals surface area contributed by atoms with E-state index in [1.165, 1.54) is 16.4 Å². The van der Waals surface area contributed by atoms with Crippen LogP contribution in [0.1, 0.15) is 11.1 Å². The first kappa shape index (κ1) is 21.4. The monoisotopic (exact) mass is 437 g/mol. The van der Waals surface area contributed by atoms with E-state index in [-0.39, 0.29) is 35.2 Å². The molecule has 3 rings (SSSR count). The van der Waals surface area contributed by atoms with Crippen molar-refractivity contribution >= 4 is 26.0 Å². The third kappa shape index (κ3) is 5.02. The number of primary sulfonamides is 1. The molecule has 2 aromatic rings. The van der Waals surface area contributed by atoms with Crippen LogP contribution in [0.3, 0.4) is 0 Å². The van der Waals surface area contributed by atoms with Gasteiger partial charge in [0.1, 0.15) is 0 Å². The number of carbonyl (C=O) groups excluding carboxylic acids is 1. The molecule has 1 saturated heterocycles. The van der Waals surface area contributed by atoms with Crippen LogP contribution in [0.2, 0.25) is 0 Å². The first-order valence-corrected chi connectivity index (χ1v) is 12.0. The summed E-state index contributed by atoms with van der Waals surface area (Å²) in [6, 6.07) is 12.5. The Morgan fingerprint density at radius 2 is 1.38 bits per heavy atom. The topological polar surface area (TPSA) is 118 Å². The molecule has 1 amide bonds. The Bertz CT molecular complexity index is 1090. The lowest BCUT2D eigenvalue weighted by atomic mass is 10.1. The van der Waals surface area contributed by atoms with Crippen LogP contribution in [-0.4, -0.2) is 58.1 Å². The summed E-state index contributed by atoms with van der Waals surface area (Å²) in [5.41, 5.74) is 1.65.